The maximum absolute atomic E-state index is 12.4. The third-order valence-corrected chi connectivity index (χ3v) is 5.68. The molecule has 4 nitrogen and oxygen atoms in total. The van der Waals surface area contributed by atoms with Gasteiger partial charge in [0.05, 0.1) is 10.7 Å². The highest BCUT2D eigenvalue weighted by molar-refractivity contribution is 7.09. The zero-order valence-electron chi connectivity index (χ0n) is 12.9. The van der Waals surface area contributed by atoms with Gasteiger partial charge in [0.25, 0.3) is 0 Å². The molecule has 0 N–H and O–H groups in total. The highest BCUT2D eigenvalue weighted by Gasteiger charge is 2.29. The molecule has 0 aromatic carbocycles. The summed E-state index contributed by atoms with van der Waals surface area (Å²) in [6, 6.07) is 0. The second-order valence-electron chi connectivity index (χ2n) is 6.17. The lowest BCUT2D eigenvalue weighted by Crippen LogP contribution is -2.41. The van der Waals surface area contributed by atoms with Crippen LogP contribution in [-0.4, -0.2) is 46.9 Å². The molecule has 0 spiro atoms. The number of hydrogen-bond donors (Lipinski definition) is 0. The maximum Gasteiger partial charge on any atom is 0.225 e. The number of nitrogens with zero attached hydrogens (tertiary/aromatic N) is 3. The topological polar surface area (TPSA) is 36.4 Å². The molecule has 0 saturated carbocycles. The molecular formula is C16H25N3OS. The number of aryl methyl sites for hydroxylation is 1. The van der Waals surface area contributed by atoms with Gasteiger partial charge in [-0.1, -0.05) is 6.92 Å². The van der Waals surface area contributed by atoms with Crippen LogP contribution in [0.25, 0.3) is 0 Å². The number of aromatic nitrogens is 1. The summed E-state index contributed by atoms with van der Waals surface area (Å²) in [6.45, 7) is 7.13. The molecule has 2 saturated heterocycles. The van der Waals surface area contributed by atoms with E-state index in [2.05, 4.69) is 27.1 Å². The number of amides is 1. The second kappa shape index (κ2) is 6.88. The van der Waals surface area contributed by atoms with Crippen LogP contribution in [0.15, 0.2) is 5.38 Å². The normalized spacial score (nSPS) is 21.1. The van der Waals surface area contributed by atoms with Crippen LogP contribution in [0.3, 0.4) is 0 Å². The van der Waals surface area contributed by atoms with Gasteiger partial charge in [0.15, 0.2) is 0 Å². The highest BCUT2D eigenvalue weighted by Crippen LogP contribution is 2.23. The van der Waals surface area contributed by atoms with Gasteiger partial charge in [-0.3, -0.25) is 9.69 Å². The Balaban J connectivity index is 1.47. The van der Waals surface area contributed by atoms with Crippen molar-refractivity contribution < 1.29 is 4.79 Å². The average molecular weight is 307 g/mol. The fourth-order valence-electron chi connectivity index (χ4n) is 3.35. The summed E-state index contributed by atoms with van der Waals surface area (Å²) < 4.78 is 0. The van der Waals surface area contributed by atoms with Crippen molar-refractivity contribution in [3.63, 3.8) is 0 Å². The van der Waals surface area contributed by atoms with E-state index in [1.165, 1.54) is 23.5 Å². The lowest BCUT2D eigenvalue weighted by Gasteiger charge is -2.32. The number of hydrogen-bond acceptors (Lipinski definition) is 4. The van der Waals surface area contributed by atoms with Crippen molar-refractivity contribution in [2.45, 2.75) is 45.6 Å². The van der Waals surface area contributed by atoms with Gasteiger partial charge in [-0.15, -0.1) is 11.3 Å². The second-order valence-corrected chi connectivity index (χ2v) is 7.11. The van der Waals surface area contributed by atoms with Crippen molar-refractivity contribution in [3.05, 3.63) is 16.1 Å². The van der Waals surface area contributed by atoms with Crippen LogP contribution in [0.2, 0.25) is 0 Å². The number of likely N-dealkylation sites (tertiary alicyclic amines) is 2. The van der Waals surface area contributed by atoms with Crippen molar-refractivity contribution in [2.24, 2.45) is 5.92 Å². The van der Waals surface area contributed by atoms with Gasteiger partial charge in [-0.2, -0.15) is 0 Å². The molecule has 1 aromatic rings. The first-order chi connectivity index (χ1) is 10.3. The molecule has 116 valence electrons. The zero-order valence-corrected chi connectivity index (χ0v) is 13.7. The summed E-state index contributed by atoms with van der Waals surface area (Å²) in [4.78, 5) is 21.6. The summed E-state index contributed by atoms with van der Waals surface area (Å²) in [5.74, 6) is 0.676. The van der Waals surface area contributed by atoms with E-state index < -0.39 is 0 Å². The van der Waals surface area contributed by atoms with Gasteiger partial charge in [-0.05, 0) is 45.2 Å². The van der Waals surface area contributed by atoms with Crippen LogP contribution in [0, 0.1) is 5.92 Å². The molecule has 1 aromatic heterocycles. The van der Waals surface area contributed by atoms with E-state index >= 15 is 0 Å². The van der Waals surface area contributed by atoms with E-state index in [1.54, 1.807) is 11.3 Å². The Morgan fingerprint density at radius 1 is 1.29 bits per heavy atom. The van der Waals surface area contributed by atoms with Crippen LogP contribution < -0.4 is 0 Å². The molecule has 3 rings (SSSR count). The summed E-state index contributed by atoms with van der Waals surface area (Å²) in [7, 11) is 0. The molecule has 0 aliphatic carbocycles. The standard InChI is InChI=1S/C16H25N3OS/c1-2-15-17-14(12-21-15)11-18-9-5-13(6-10-18)16(20)19-7-3-4-8-19/h12-13H,2-11H2,1H3. The first-order valence-corrected chi connectivity index (χ1v) is 9.08. The largest absolute Gasteiger partial charge is 0.342 e. The molecule has 0 bridgehead atoms. The monoisotopic (exact) mass is 307 g/mol. The Morgan fingerprint density at radius 2 is 2.00 bits per heavy atom. The Kier molecular flexibility index (Phi) is 4.91. The van der Waals surface area contributed by atoms with E-state index in [1.807, 2.05) is 0 Å². The predicted octanol–water partition coefficient (Wildman–Crippen LogP) is 2.54. The third kappa shape index (κ3) is 3.64. The summed E-state index contributed by atoms with van der Waals surface area (Å²) in [5, 5.41) is 3.41. The van der Waals surface area contributed by atoms with E-state index in [0.717, 1.165) is 52.0 Å². The Labute approximate surface area is 131 Å². The molecular weight excluding hydrogens is 282 g/mol. The molecule has 2 aliphatic rings. The van der Waals surface area contributed by atoms with Crippen molar-refractivity contribution in [3.8, 4) is 0 Å². The molecule has 21 heavy (non-hydrogen) atoms. The van der Waals surface area contributed by atoms with Gasteiger partial charge in [0.1, 0.15) is 0 Å². The lowest BCUT2D eigenvalue weighted by atomic mass is 9.95. The average Bonchev–Trinajstić information content (AvgIpc) is 3.19. The van der Waals surface area contributed by atoms with E-state index in [-0.39, 0.29) is 5.92 Å². The van der Waals surface area contributed by atoms with Gasteiger partial charge in [-0.25, -0.2) is 4.98 Å². The summed E-state index contributed by atoms with van der Waals surface area (Å²) >= 11 is 1.76. The molecule has 0 atom stereocenters. The molecule has 5 heteroatoms. The van der Waals surface area contributed by atoms with Crippen molar-refractivity contribution in [2.75, 3.05) is 26.2 Å². The van der Waals surface area contributed by atoms with Crippen molar-refractivity contribution >= 4 is 17.2 Å². The third-order valence-electron chi connectivity index (χ3n) is 4.64. The van der Waals surface area contributed by atoms with E-state index in [0.29, 0.717) is 5.91 Å². The molecule has 1 amide bonds. The molecule has 0 radical (unpaired) electrons. The van der Waals surface area contributed by atoms with Crippen LogP contribution in [0.5, 0.6) is 0 Å². The van der Waals surface area contributed by atoms with Crippen molar-refractivity contribution in [1.82, 2.24) is 14.8 Å². The van der Waals surface area contributed by atoms with Gasteiger partial charge in [0.2, 0.25) is 5.91 Å². The fraction of sp³-hybridized carbons (Fsp3) is 0.750. The molecule has 2 fully saturated rings. The number of carbonyl (C=O) groups is 1. The minimum atomic E-state index is 0.265. The van der Waals surface area contributed by atoms with E-state index in [9.17, 15) is 4.79 Å². The van der Waals surface area contributed by atoms with Crippen LogP contribution in [-0.2, 0) is 17.8 Å². The van der Waals surface area contributed by atoms with Crippen LogP contribution in [0.1, 0.15) is 43.3 Å². The predicted molar refractivity (Wildman–Crippen MR) is 85.3 cm³/mol. The highest BCUT2D eigenvalue weighted by atomic mass is 32.1. The summed E-state index contributed by atoms with van der Waals surface area (Å²) in [6.07, 6.45) is 5.43. The number of rotatable bonds is 4. The SMILES string of the molecule is CCc1nc(CN2CCC(C(=O)N3CCCC3)CC2)cs1. The lowest BCUT2D eigenvalue weighted by molar-refractivity contribution is -0.136. The summed E-state index contributed by atoms with van der Waals surface area (Å²) in [5.41, 5.74) is 1.20. The number of thiazole rings is 1. The van der Waals surface area contributed by atoms with Gasteiger partial charge < -0.3 is 4.90 Å². The Bertz CT molecular complexity index is 474. The van der Waals surface area contributed by atoms with Crippen LogP contribution in [0.4, 0.5) is 0 Å². The van der Waals surface area contributed by atoms with Gasteiger partial charge >= 0.3 is 0 Å². The minimum absolute atomic E-state index is 0.265. The maximum atomic E-state index is 12.4. The van der Waals surface area contributed by atoms with Crippen molar-refractivity contribution in [1.29, 1.82) is 0 Å². The number of carbonyl (C=O) groups excluding carboxylic acids is 1. The van der Waals surface area contributed by atoms with Crippen LogP contribution >= 0.6 is 11.3 Å². The fourth-order valence-corrected chi connectivity index (χ4v) is 4.08. The van der Waals surface area contributed by atoms with E-state index in [4.69, 9.17) is 0 Å². The Morgan fingerprint density at radius 3 is 2.62 bits per heavy atom. The molecule has 2 aliphatic heterocycles. The molecule has 0 unspecified atom stereocenters. The smallest absolute Gasteiger partial charge is 0.225 e. The number of piperidine rings is 1. The Hall–Kier alpha value is -0.940. The quantitative estimate of drug-likeness (QED) is 0.858. The first kappa shape index (κ1) is 15.0. The molecule has 3 heterocycles. The minimum Gasteiger partial charge on any atom is -0.342 e. The first-order valence-electron chi connectivity index (χ1n) is 8.20. The van der Waals surface area contributed by atoms with Gasteiger partial charge in [0, 0.05) is 30.9 Å². The zero-order chi connectivity index (χ0) is 14.7.